The number of aromatic nitrogens is 2. The molecule has 0 aliphatic heterocycles. The van der Waals surface area contributed by atoms with Crippen molar-refractivity contribution in [3.05, 3.63) is 23.0 Å². The number of H-pyrrole nitrogens is 1. The van der Waals surface area contributed by atoms with Crippen LogP contribution in [0.5, 0.6) is 0 Å². The van der Waals surface area contributed by atoms with E-state index >= 15 is 0 Å². The van der Waals surface area contributed by atoms with Crippen molar-refractivity contribution < 1.29 is 4.74 Å². The van der Waals surface area contributed by atoms with Crippen molar-refractivity contribution in [2.75, 3.05) is 12.8 Å². The standard InChI is InChI=1S/C9H10ClN3O/c1-14-4-8-12-7-3-5(10)2-6(11)9(7)13-8/h2-3H,4,11H2,1H3,(H,12,13). The van der Waals surface area contributed by atoms with E-state index in [0.717, 1.165) is 16.9 Å². The van der Waals surface area contributed by atoms with Gasteiger partial charge in [-0.3, -0.25) is 0 Å². The van der Waals surface area contributed by atoms with Crippen molar-refractivity contribution in [2.45, 2.75) is 6.61 Å². The van der Waals surface area contributed by atoms with Gasteiger partial charge in [0.15, 0.2) is 0 Å². The summed E-state index contributed by atoms with van der Waals surface area (Å²) in [6.45, 7) is 0.436. The van der Waals surface area contributed by atoms with E-state index in [1.165, 1.54) is 0 Å². The summed E-state index contributed by atoms with van der Waals surface area (Å²) in [4.78, 5) is 7.36. The predicted molar refractivity (Wildman–Crippen MR) is 56.2 cm³/mol. The highest BCUT2D eigenvalue weighted by Crippen LogP contribution is 2.23. The summed E-state index contributed by atoms with van der Waals surface area (Å²) in [5, 5.41) is 0.600. The second-order valence-corrected chi connectivity index (χ2v) is 3.44. The Bertz CT molecular complexity index is 466. The Morgan fingerprint density at radius 2 is 2.36 bits per heavy atom. The van der Waals surface area contributed by atoms with Crippen LogP contribution in [-0.2, 0) is 11.3 Å². The number of benzene rings is 1. The van der Waals surface area contributed by atoms with Crippen LogP contribution >= 0.6 is 11.6 Å². The van der Waals surface area contributed by atoms with Crippen LogP contribution < -0.4 is 5.73 Å². The van der Waals surface area contributed by atoms with Crippen molar-refractivity contribution in [2.24, 2.45) is 0 Å². The molecule has 0 spiro atoms. The zero-order valence-corrected chi connectivity index (χ0v) is 8.43. The summed E-state index contributed by atoms with van der Waals surface area (Å²) >= 11 is 5.85. The van der Waals surface area contributed by atoms with Gasteiger partial charge in [-0.05, 0) is 12.1 Å². The monoisotopic (exact) mass is 211 g/mol. The van der Waals surface area contributed by atoms with Crippen molar-refractivity contribution in [3.8, 4) is 0 Å². The van der Waals surface area contributed by atoms with Crippen molar-refractivity contribution >= 4 is 28.3 Å². The lowest BCUT2D eigenvalue weighted by Gasteiger charge is -1.94. The minimum Gasteiger partial charge on any atom is -0.397 e. The molecular formula is C9H10ClN3O. The van der Waals surface area contributed by atoms with E-state index in [0.29, 0.717) is 17.3 Å². The van der Waals surface area contributed by atoms with E-state index < -0.39 is 0 Å². The topological polar surface area (TPSA) is 63.9 Å². The maximum absolute atomic E-state index is 5.85. The number of hydrogen-bond donors (Lipinski definition) is 2. The number of fused-ring (bicyclic) bond motifs is 1. The van der Waals surface area contributed by atoms with Gasteiger partial charge in [-0.15, -0.1) is 0 Å². The van der Waals surface area contributed by atoms with E-state index in [1.807, 2.05) is 0 Å². The Morgan fingerprint density at radius 1 is 1.57 bits per heavy atom. The molecule has 2 aromatic rings. The molecule has 0 aliphatic rings. The Hall–Kier alpha value is -1.26. The molecule has 1 aromatic heterocycles. The van der Waals surface area contributed by atoms with Crippen LogP contribution in [0.15, 0.2) is 12.1 Å². The van der Waals surface area contributed by atoms with Crippen LogP contribution in [0.4, 0.5) is 5.69 Å². The molecule has 0 saturated carbocycles. The van der Waals surface area contributed by atoms with E-state index in [2.05, 4.69) is 9.97 Å². The summed E-state index contributed by atoms with van der Waals surface area (Å²) in [5.74, 6) is 0.747. The average Bonchev–Trinajstić information content (AvgIpc) is 2.48. The number of methoxy groups -OCH3 is 1. The number of aromatic amines is 1. The smallest absolute Gasteiger partial charge is 0.133 e. The molecule has 0 aliphatic carbocycles. The van der Waals surface area contributed by atoms with Crippen molar-refractivity contribution in [1.29, 1.82) is 0 Å². The number of nitrogens with one attached hydrogen (secondary N) is 1. The number of rotatable bonds is 2. The van der Waals surface area contributed by atoms with Crippen LogP contribution in [0, 0.1) is 0 Å². The van der Waals surface area contributed by atoms with Crippen molar-refractivity contribution in [3.63, 3.8) is 0 Å². The summed E-state index contributed by atoms with van der Waals surface area (Å²) in [7, 11) is 1.61. The Balaban J connectivity index is 2.58. The highest BCUT2D eigenvalue weighted by Gasteiger charge is 2.06. The lowest BCUT2D eigenvalue weighted by molar-refractivity contribution is 0.179. The molecule has 1 aromatic carbocycles. The largest absolute Gasteiger partial charge is 0.397 e. The van der Waals surface area contributed by atoms with Crippen molar-refractivity contribution in [1.82, 2.24) is 9.97 Å². The quantitative estimate of drug-likeness (QED) is 0.747. The van der Waals surface area contributed by atoms with E-state index in [9.17, 15) is 0 Å². The summed E-state index contributed by atoms with van der Waals surface area (Å²) in [6.07, 6.45) is 0. The minimum absolute atomic E-state index is 0.436. The molecule has 1 heterocycles. The summed E-state index contributed by atoms with van der Waals surface area (Å²) in [6, 6.07) is 3.47. The zero-order valence-electron chi connectivity index (χ0n) is 7.67. The highest BCUT2D eigenvalue weighted by molar-refractivity contribution is 6.31. The van der Waals surface area contributed by atoms with Gasteiger partial charge in [-0.2, -0.15) is 0 Å². The first kappa shape index (κ1) is 9.30. The van der Waals surface area contributed by atoms with Gasteiger partial charge in [-0.1, -0.05) is 11.6 Å². The number of halogens is 1. The molecular weight excluding hydrogens is 202 g/mol. The predicted octanol–water partition coefficient (Wildman–Crippen LogP) is 1.94. The van der Waals surface area contributed by atoms with Gasteiger partial charge in [0.25, 0.3) is 0 Å². The minimum atomic E-state index is 0.436. The lowest BCUT2D eigenvalue weighted by atomic mass is 10.3. The molecule has 0 radical (unpaired) electrons. The Labute approximate surface area is 86.0 Å². The molecule has 0 unspecified atom stereocenters. The Kier molecular flexibility index (Phi) is 2.31. The number of anilines is 1. The van der Waals surface area contributed by atoms with Gasteiger partial charge < -0.3 is 15.5 Å². The van der Waals surface area contributed by atoms with Gasteiger partial charge in [0.05, 0.1) is 11.2 Å². The van der Waals surface area contributed by atoms with E-state index in [1.54, 1.807) is 19.2 Å². The van der Waals surface area contributed by atoms with Crippen LogP contribution in [0.3, 0.4) is 0 Å². The second-order valence-electron chi connectivity index (χ2n) is 3.01. The zero-order chi connectivity index (χ0) is 10.1. The fourth-order valence-corrected chi connectivity index (χ4v) is 1.59. The van der Waals surface area contributed by atoms with Gasteiger partial charge in [0.1, 0.15) is 17.9 Å². The lowest BCUT2D eigenvalue weighted by Crippen LogP contribution is -1.89. The maximum Gasteiger partial charge on any atom is 0.133 e. The maximum atomic E-state index is 5.85. The first-order chi connectivity index (χ1) is 6.70. The number of nitrogen functional groups attached to an aromatic ring is 1. The summed E-state index contributed by atoms with van der Waals surface area (Å²) in [5.41, 5.74) is 7.91. The summed E-state index contributed by atoms with van der Waals surface area (Å²) < 4.78 is 4.96. The van der Waals surface area contributed by atoms with Gasteiger partial charge in [0, 0.05) is 12.1 Å². The fraction of sp³-hybridized carbons (Fsp3) is 0.222. The van der Waals surface area contributed by atoms with Gasteiger partial charge in [0.2, 0.25) is 0 Å². The van der Waals surface area contributed by atoms with E-state index in [4.69, 9.17) is 22.1 Å². The molecule has 0 fully saturated rings. The average molecular weight is 212 g/mol. The number of nitrogens with zero attached hydrogens (tertiary/aromatic N) is 1. The first-order valence-electron chi connectivity index (χ1n) is 4.13. The molecule has 0 saturated heterocycles. The normalized spacial score (nSPS) is 11.0. The van der Waals surface area contributed by atoms with Gasteiger partial charge in [-0.25, -0.2) is 4.98 Å². The van der Waals surface area contributed by atoms with E-state index in [-0.39, 0.29) is 0 Å². The SMILES string of the molecule is COCc1nc2c(N)cc(Cl)cc2[nH]1. The van der Waals surface area contributed by atoms with Crippen LogP contribution in [0.1, 0.15) is 5.82 Å². The van der Waals surface area contributed by atoms with Crippen LogP contribution in [0.2, 0.25) is 5.02 Å². The first-order valence-corrected chi connectivity index (χ1v) is 4.51. The number of hydrogen-bond acceptors (Lipinski definition) is 3. The third-order valence-electron chi connectivity index (χ3n) is 1.91. The molecule has 14 heavy (non-hydrogen) atoms. The molecule has 74 valence electrons. The molecule has 0 bridgehead atoms. The number of imidazole rings is 1. The molecule has 0 amide bonds. The molecule has 5 heteroatoms. The molecule has 2 rings (SSSR count). The number of ether oxygens (including phenoxy) is 1. The molecule has 0 atom stereocenters. The van der Waals surface area contributed by atoms with Gasteiger partial charge >= 0.3 is 0 Å². The van der Waals surface area contributed by atoms with Crippen LogP contribution in [0.25, 0.3) is 11.0 Å². The number of nitrogens with two attached hydrogens (primary N) is 1. The highest BCUT2D eigenvalue weighted by atomic mass is 35.5. The second kappa shape index (κ2) is 3.48. The third kappa shape index (κ3) is 1.54. The fourth-order valence-electron chi connectivity index (χ4n) is 1.36. The molecule has 3 N–H and O–H groups in total. The Morgan fingerprint density at radius 3 is 3.07 bits per heavy atom. The third-order valence-corrected chi connectivity index (χ3v) is 2.13. The van der Waals surface area contributed by atoms with Crippen LogP contribution in [-0.4, -0.2) is 17.1 Å². The molecule has 4 nitrogen and oxygen atoms in total.